The quantitative estimate of drug-likeness (QED) is 0.832. The van der Waals surface area contributed by atoms with Crippen molar-refractivity contribution < 1.29 is 4.79 Å². The Balaban J connectivity index is 1.57. The lowest BCUT2D eigenvalue weighted by atomic mass is 10.2. The molecule has 0 spiro atoms. The minimum Gasteiger partial charge on any atom is -0.337 e. The average Bonchev–Trinajstić information content (AvgIpc) is 3.12. The van der Waals surface area contributed by atoms with Gasteiger partial charge in [-0.2, -0.15) is 5.10 Å². The Labute approximate surface area is 120 Å². The van der Waals surface area contributed by atoms with Gasteiger partial charge in [-0.1, -0.05) is 0 Å². The van der Waals surface area contributed by atoms with Crippen molar-refractivity contribution in [1.82, 2.24) is 19.6 Å². The molecule has 5 nitrogen and oxygen atoms in total. The SMILES string of the molecule is Cc1cnn(CC(=O)N2CCCC2CN2CCCC2)c1. The summed E-state index contributed by atoms with van der Waals surface area (Å²) in [6.45, 7) is 6.76. The lowest BCUT2D eigenvalue weighted by Crippen LogP contribution is -2.43. The lowest BCUT2D eigenvalue weighted by molar-refractivity contribution is -0.133. The first-order valence-electron chi connectivity index (χ1n) is 7.73. The molecule has 1 atom stereocenters. The van der Waals surface area contributed by atoms with Crippen LogP contribution in [0, 0.1) is 6.92 Å². The molecule has 0 bridgehead atoms. The van der Waals surface area contributed by atoms with E-state index in [1.807, 2.05) is 13.1 Å². The van der Waals surface area contributed by atoms with Crippen LogP contribution in [0.1, 0.15) is 31.2 Å². The third kappa shape index (κ3) is 3.03. The fraction of sp³-hybridized carbons (Fsp3) is 0.733. The number of hydrogen-bond acceptors (Lipinski definition) is 3. The van der Waals surface area contributed by atoms with E-state index < -0.39 is 0 Å². The molecule has 0 aromatic carbocycles. The van der Waals surface area contributed by atoms with Crippen molar-refractivity contribution in [3.05, 3.63) is 18.0 Å². The van der Waals surface area contributed by atoms with Gasteiger partial charge in [0.2, 0.25) is 5.91 Å². The second kappa shape index (κ2) is 5.95. The highest BCUT2D eigenvalue weighted by molar-refractivity contribution is 5.76. The minimum absolute atomic E-state index is 0.217. The number of hydrogen-bond donors (Lipinski definition) is 0. The molecule has 3 heterocycles. The summed E-state index contributed by atoms with van der Waals surface area (Å²) in [6.07, 6.45) is 8.66. The van der Waals surface area contributed by atoms with Gasteiger partial charge in [0.15, 0.2) is 0 Å². The largest absolute Gasteiger partial charge is 0.337 e. The monoisotopic (exact) mass is 276 g/mol. The maximum atomic E-state index is 12.5. The molecule has 2 aliphatic rings. The molecule has 3 rings (SSSR count). The molecule has 0 radical (unpaired) electrons. The predicted octanol–water partition coefficient (Wildman–Crippen LogP) is 1.28. The van der Waals surface area contributed by atoms with E-state index in [1.54, 1.807) is 10.9 Å². The zero-order valence-corrected chi connectivity index (χ0v) is 12.3. The first-order chi connectivity index (χ1) is 9.72. The summed E-state index contributed by atoms with van der Waals surface area (Å²) in [7, 11) is 0. The standard InChI is InChI=1S/C15H24N4O/c1-13-9-16-18(10-13)12-15(20)19-8-4-5-14(19)11-17-6-2-3-7-17/h9-10,14H,2-8,11-12H2,1H3. The molecule has 2 fully saturated rings. The van der Waals surface area contributed by atoms with Gasteiger partial charge in [-0.15, -0.1) is 0 Å². The Morgan fingerprint density at radius 3 is 2.80 bits per heavy atom. The van der Waals surface area contributed by atoms with Crippen molar-refractivity contribution in [3.63, 3.8) is 0 Å². The number of nitrogens with zero attached hydrogens (tertiary/aromatic N) is 4. The molecule has 2 aliphatic heterocycles. The number of aromatic nitrogens is 2. The van der Waals surface area contributed by atoms with E-state index in [-0.39, 0.29) is 5.91 Å². The van der Waals surface area contributed by atoms with Gasteiger partial charge in [0.1, 0.15) is 6.54 Å². The summed E-state index contributed by atoms with van der Waals surface area (Å²) in [4.78, 5) is 17.0. The van der Waals surface area contributed by atoms with Gasteiger partial charge in [0.05, 0.1) is 6.20 Å². The third-order valence-corrected chi connectivity index (χ3v) is 4.42. The van der Waals surface area contributed by atoms with E-state index in [9.17, 15) is 4.79 Å². The first kappa shape index (κ1) is 13.6. The van der Waals surface area contributed by atoms with E-state index in [0.29, 0.717) is 12.6 Å². The molecule has 1 aromatic rings. The van der Waals surface area contributed by atoms with Crippen LogP contribution in [0.2, 0.25) is 0 Å². The molecule has 0 aliphatic carbocycles. The molecule has 1 unspecified atom stereocenters. The number of amides is 1. The molecule has 0 N–H and O–H groups in total. The van der Waals surface area contributed by atoms with Gasteiger partial charge in [-0.05, 0) is 51.3 Å². The average molecular weight is 276 g/mol. The van der Waals surface area contributed by atoms with Gasteiger partial charge < -0.3 is 9.80 Å². The molecular formula is C15H24N4O. The normalized spacial score (nSPS) is 23.6. The van der Waals surface area contributed by atoms with E-state index in [4.69, 9.17) is 0 Å². The molecular weight excluding hydrogens is 252 g/mol. The summed E-state index contributed by atoms with van der Waals surface area (Å²) in [6, 6.07) is 0.414. The first-order valence-corrected chi connectivity index (χ1v) is 7.73. The van der Waals surface area contributed by atoms with Crippen LogP contribution in [0.4, 0.5) is 0 Å². The van der Waals surface area contributed by atoms with E-state index in [0.717, 1.165) is 31.5 Å². The zero-order chi connectivity index (χ0) is 13.9. The van der Waals surface area contributed by atoms with E-state index in [2.05, 4.69) is 14.9 Å². The van der Waals surface area contributed by atoms with Crippen molar-refractivity contribution in [2.24, 2.45) is 0 Å². The number of rotatable bonds is 4. The minimum atomic E-state index is 0.217. The number of carbonyl (C=O) groups excluding carboxylic acids is 1. The van der Waals surface area contributed by atoms with Crippen molar-refractivity contribution in [3.8, 4) is 0 Å². The van der Waals surface area contributed by atoms with Crippen LogP contribution >= 0.6 is 0 Å². The highest BCUT2D eigenvalue weighted by Gasteiger charge is 2.30. The van der Waals surface area contributed by atoms with Crippen LogP contribution in [0.15, 0.2) is 12.4 Å². The third-order valence-electron chi connectivity index (χ3n) is 4.42. The zero-order valence-electron chi connectivity index (χ0n) is 12.3. The molecule has 20 heavy (non-hydrogen) atoms. The highest BCUT2D eigenvalue weighted by atomic mass is 16.2. The van der Waals surface area contributed by atoms with Gasteiger partial charge in [0.25, 0.3) is 0 Å². The van der Waals surface area contributed by atoms with Crippen LogP contribution in [0.5, 0.6) is 0 Å². The van der Waals surface area contributed by atoms with Crippen molar-refractivity contribution >= 4 is 5.91 Å². The molecule has 110 valence electrons. The van der Waals surface area contributed by atoms with Crippen LogP contribution in [-0.2, 0) is 11.3 Å². The molecule has 1 aromatic heterocycles. The summed E-state index contributed by atoms with van der Waals surface area (Å²) in [5.74, 6) is 0.217. The number of aryl methyl sites for hydroxylation is 1. The van der Waals surface area contributed by atoms with Crippen molar-refractivity contribution in [2.45, 2.75) is 45.2 Å². The lowest BCUT2D eigenvalue weighted by Gasteiger charge is -2.28. The summed E-state index contributed by atoms with van der Waals surface area (Å²) >= 11 is 0. The van der Waals surface area contributed by atoms with Crippen LogP contribution in [0.3, 0.4) is 0 Å². The summed E-state index contributed by atoms with van der Waals surface area (Å²) in [5, 5.41) is 4.21. The van der Waals surface area contributed by atoms with Gasteiger partial charge >= 0.3 is 0 Å². The van der Waals surface area contributed by atoms with Crippen LogP contribution in [0.25, 0.3) is 0 Å². The molecule has 1 amide bonds. The van der Waals surface area contributed by atoms with Crippen molar-refractivity contribution in [2.75, 3.05) is 26.2 Å². The second-order valence-corrected chi connectivity index (χ2v) is 6.11. The Morgan fingerprint density at radius 2 is 2.10 bits per heavy atom. The fourth-order valence-corrected chi connectivity index (χ4v) is 3.40. The Morgan fingerprint density at radius 1 is 1.30 bits per heavy atom. The fourth-order valence-electron chi connectivity index (χ4n) is 3.40. The van der Waals surface area contributed by atoms with Gasteiger partial charge in [0, 0.05) is 25.3 Å². The molecule has 0 saturated carbocycles. The topological polar surface area (TPSA) is 41.4 Å². The van der Waals surface area contributed by atoms with E-state index in [1.165, 1.54) is 25.9 Å². The molecule has 5 heteroatoms. The van der Waals surface area contributed by atoms with Crippen LogP contribution < -0.4 is 0 Å². The smallest absolute Gasteiger partial charge is 0.244 e. The van der Waals surface area contributed by atoms with Crippen LogP contribution in [-0.4, -0.2) is 57.7 Å². The second-order valence-electron chi connectivity index (χ2n) is 6.11. The summed E-state index contributed by atoms with van der Waals surface area (Å²) < 4.78 is 1.75. The Kier molecular flexibility index (Phi) is 4.05. The predicted molar refractivity (Wildman–Crippen MR) is 77.4 cm³/mol. The van der Waals surface area contributed by atoms with Gasteiger partial charge in [-0.3, -0.25) is 9.48 Å². The maximum Gasteiger partial charge on any atom is 0.244 e. The van der Waals surface area contributed by atoms with E-state index >= 15 is 0 Å². The maximum absolute atomic E-state index is 12.5. The number of likely N-dealkylation sites (tertiary alicyclic amines) is 2. The highest BCUT2D eigenvalue weighted by Crippen LogP contribution is 2.20. The van der Waals surface area contributed by atoms with Gasteiger partial charge in [-0.25, -0.2) is 0 Å². The molecule has 2 saturated heterocycles. The van der Waals surface area contributed by atoms with Crippen molar-refractivity contribution in [1.29, 1.82) is 0 Å². The number of carbonyl (C=O) groups is 1. The Hall–Kier alpha value is -1.36. The summed E-state index contributed by atoms with van der Waals surface area (Å²) in [5.41, 5.74) is 1.10. The Bertz CT molecular complexity index is 464.